The molecule has 0 radical (unpaired) electrons. The molecule has 1 amide bonds. The molecular weight excluding hydrogens is 408 g/mol. The molecule has 33 heavy (non-hydrogen) atoms. The van der Waals surface area contributed by atoms with Crippen LogP contribution in [0.3, 0.4) is 0 Å². The molecule has 0 aromatic heterocycles. The Labute approximate surface area is 200 Å². The zero-order valence-corrected chi connectivity index (χ0v) is 20.6. The Morgan fingerprint density at radius 1 is 1.03 bits per heavy atom. The Bertz CT molecular complexity index is 883. The average Bonchev–Trinajstić information content (AvgIpc) is 2.85. The second-order valence-corrected chi connectivity index (χ2v) is 8.68. The van der Waals surface area contributed by atoms with Crippen molar-refractivity contribution in [3.8, 4) is 0 Å². The maximum absolute atomic E-state index is 12.8. The molecule has 0 aliphatic carbocycles. The van der Waals surface area contributed by atoms with Crippen molar-refractivity contribution in [3.05, 3.63) is 77.9 Å². The summed E-state index contributed by atoms with van der Waals surface area (Å²) in [6.45, 7) is 17.6. The van der Waals surface area contributed by atoms with Gasteiger partial charge in [0.25, 0.3) is 5.91 Å². The summed E-state index contributed by atoms with van der Waals surface area (Å²) in [7, 11) is 0. The largest absolute Gasteiger partial charge is 0.385 e. The normalized spacial score (nSPS) is 15.7. The van der Waals surface area contributed by atoms with Gasteiger partial charge < -0.3 is 10.2 Å². The van der Waals surface area contributed by atoms with E-state index in [0.717, 1.165) is 70.0 Å². The smallest absolute Gasteiger partial charge is 0.253 e. The van der Waals surface area contributed by atoms with Gasteiger partial charge in [0.1, 0.15) is 0 Å². The van der Waals surface area contributed by atoms with Gasteiger partial charge in [0.15, 0.2) is 0 Å². The van der Waals surface area contributed by atoms with Crippen molar-refractivity contribution in [2.75, 3.05) is 57.7 Å². The highest BCUT2D eigenvalue weighted by Gasteiger charge is 2.26. The molecule has 3 rings (SSSR count). The molecule has 1 atom stereocenters. The van der Waals surface area contributed by atoms with Crippen LogP contribution >= 0.6 is 0 Å². The zero-order valence-electron chi connectivity index (χ0n) is 20.6. The minimum atomic E-state index is 0.104. The topological polar surface area (TPSA) is 38.8 Å². The molecule has 2 aromatic rings. The third-order valence-corrected chi connectivity index (χ3v) is 6.46. The lowest BCUT2D eigenvalue weighted by molar-refractivity contribution is 0.0773. The van der Waals surface area contributed by atoms with Gasteiger partial charge in [-0.2, -0.15) is 0 Å². The first-order valence-corrected chi connectivity index (χ1v) is 12.4. The fraction of sp³-hybridized carbons (Fsp3) is 0.464. The van der Waals surface area contributed by atoms with E-state index in [1.807, 2.05) is 37.0 Å². The number of nitrogens with one attached hydrogen (secondary N) is 1. The molecular formula is C28H40N4O. The minimum absolute atomic E-state index is 0.104. The van der Waals surface area contributed by atoms with Crippen molar-refractivity contribution in [2.24, 2.45) is 0 Å². The molecule has 1 fully saturated rings. The Morgan fingerprint density at radius 2 is 1.73 bits per heavy atom. The van der Waals surface area contributed by atoms with Gasteiger partial charge in [-0.25, -0.2) is 0 Å². The standard InChI is InChI=1S/C28H40N4O/c1-5-16-29-26-11-9-10-25(22-26)27(32-20-18-30(17-6-2)19-21-32)23-12-14-24(15-13-23)28(33)31(7-3)8-4/h6,9-15,22,27,29H,2,5,7-8,16-21H2,1,3-4H3. The summed E-state index contributed by atoms with van der Waals surface area (Å²) in [4.78, 5) is 19.7. The van der Waals surface area contributed by atoms with Crippen LogP contribution in [0.1, 0.15) is 54.7 Å². The lowest BCUT2D eigenvalue weighted by Gasteiger charge is -2.39. The van der Waals surface area contributed by atoms with Crippen molar-refractivity contribution in [3.63, 3.8) is 0 Å². The molecule has 1 aliphatic rings. The number of piperazine rings is 1. The van der Waals surface area contributed by atoms with Crippen molar-refractivity contribution >= 4 is 11.6 Å². The lowest BCUT2D eigenvalue weighted by Crippen LogP contribution is -2.47. The molecule has 5 nitrogen and oxygen atoms in total. The summed E-state index contributed by atoms with van der Waals surface area (Å²) in [6.07, 6.45) is 3.09. The number of amides is 1. The van der Waals surface area contributed by atoms with Gasteiger partial charge in [-0.15, -0.1) is 6.58 Å². The highest BCUT2D eigenvalue weighted by atomic mass is 16.2. The van der Waals surface area contributed by atoms with E-state index in [1.54, 1.807) is 0 Å². The third-order valence-electron chi connectivity index (χ3n) is 6.46. The quantitative estimate of drug-likeness (QED) is 0.497. The molecule has 0 bridgehead atoms. The summed E-state index contributed by atoms with van der Waals surface area (Å²) in [5.41, 5.74) is 4.44. The molecule has 1 aliphatic heterocycles. The van der Waals surface area contributed by atoms with Gasteiger partial charge in [-0.3, -0.25) is 14.6 Å². The first kappa shape index (κ1) is 25.0. The van der Waals surface area contributed by atoms with Crippen LogP contribution in [0.25, 0.3) is 0 Å². The van der Waals surface area contributed by atoms with Crippen LogP contribution in [-0.4, -0.2) is 73.0 Å². The van der Waals surface area contributed by atoms with E-state index in [-0.39, 0.29) is 11.9 Å². The van der Waals surface area contributed by atoms with Crippen LogP contribution in [0.4, 0.5) is 5.69 Å². The maximum Gasteiger partial charge on any atom is 0.253 e. The molecule has 1 unspecified atom stereocenters. The number of rotatable bonds is 11. The third kappa shape index (κ3) is 6.46. The number of carbonyl (C=O) groups excluding carboxylic acids is 1. The predicted octanol–water partition coefficient (Wildman–Crippen LogP) is 4.88. The molecule has 0 saturated carbocycles. The predicted molar refractivity (Wildman–Crippen MR) is 139 cm³/mol. The van der Waals surface area contributed by atoms with Crippen LogP contribution in [0.2, 0.25) is 0 Å². The van der Waals surface area contributed by atoms with Gasteiger partial charge in [0.2, 0.25) is 0 Å². The maximum atomic E-state index is 12.8. The van der Waals surface area contributed by atoms with Gasteiger partial charge in [0.05, 0.1) is 6.04 Å². The number of nitrogens with zero attached hydrogens (tertiary/aromatic N) is 3. The Hall–Kier alpha value is -2.63. The van der Waals surface area contributed by atoms with Gasteiger partial charge >= 0.3 is 0 Å². The lowest BCUT2D eigenvalue weighted by atomic mass is 9.94. The molecule has 5 heteroatoms. The summed E-state index contributed by atoms with van der Waals surface area (Å²) < 4.78 is 0. The second kappa shape index (κ2) is 12.6. The number of anilines is 1. The van der Waals surface area contributed by atoms with E-state index in [0.29, 0.717) is 0 Å². The van der Waals surface area contributed by atoms with Crippen molar-refractivity contribution in [2.45, 2.75) is 33.2 Å². The van der Waals surface area contributed by atoms with Crippen LogP contribution in [0, 0.1) is 0 Å². The number of hydrogen-bond donors (Lipinski definition) is 1. The Kier molecular flexibility index (Phi) is 9.52. The van der Waals surface area contributed by atoms with Gasteiger partial charge in [0, 0.05) is 63.6 Å². The van der Waals surface area contributed by atoms with Crippen LogP contribution in [0.5, 0.6) is 0 Å². The molecule has 1 saturated heterocycles. The van der Waals surface area contributed by atoms with E-state index in [2.05, 4.69) is 65.0 Å². The Balaban J connectivity index is 1.89. The van der Waals surface area contributed by atoms with Crippen molar-refractivity contribution in [1.29, 1.82) is 0 Å². The van der Waals surface area contributed by atoms with E-state index in [1.165, 1.54) is 11.1 Å². The number of carbonyl (C=O) groups is 1. The molecule has 1 heterocycles. The zero-order chi connectivity index (χ0) is 23.6. The van der Waals surface area contributed by atoms with Crippen molar-refractivity contribution < 1.29 is 4.79 Å². The summed E-state index contributed by atoms with van der Waals surface area (Å²) in [6, 6.07) is 17.2. The average molecular weight is 449 g/mol. The van der Waals surface area contributed by atoms with Crippen LogP contribution in [0.15, 0.2) is 61.2 Å². The molecule has 1 N–H and O–H groups in total. The molecule has 2 aromatic carbocycles. The first-order valence-electron chi connectivity index (χ1n) is 12.4. The SMILES string of the molecule is C=CCN1CCN(C(c2ccc(C(=O)N(CC)CC)cc2)c2cccc(NCCC)c2)CC1. The van der Waals surface area contributed by atoms with Gasteiger partial charge in [-0.05, 0) is 55.7 Å². The van der Waals surface area contributed by atoms with Gasteiger partial charge in [-0.1, -0.05) is 37.3 Å². The summed E-state index contributed by atoms with van der Waals surface area (Å²) in [5.74, 6) is 0.104. The number of benzene rings is 2. The van der Waals surface area contributed by atoms with E-state index in [4.69, 9.17) is 0 Å². The van der Waals surface area contributed by atoms with E-state index >= 15 is 0 Å². The highest BCUT2D eigenvalue weighted by molar-refractivity contribution is 5.94. The molecule has 178 valence electrons. The fourth-order valence-electron chi connectivity index (χ4n) is 4.59. The molecule has 0 spiro atoms. The number of hydrogen-bond acceptors (Lipinski definition) is 4. The Morgan fingerprint density at radius 3 is 2.33 bits per heavy atom. The van der Waals surface area contributed by atoms with Crippen molar-refractivity contribution in [1.82, 2.24) is 14.7 Å². The summed E-state index contributed by atoms with van der Waals surface area (Å²) >= 11 is 0. The van der Waals surface area contributed by atoms with E-state index in [9.17, 15) is 4.79 Å². The monoisotopic (exact) mass is 448 g/mol. The van der Waals surface area contributed by atoms with Crippen LogP contribution < -0.4 is 5.32 Å². The highest BCUT2D eigenvalue weighted by Crippen LogP contribution is 2.31. The summed E-state index contributed by atoms with van der Waals surface area (Å²) in [5, 5.41) is 3.53. The first-order chi connectivity index (χ1) is 16.1. The fourth-order valence-corrected chi connectivity index (χ4v) is 4.59. The van der Waals surface area contributed by atoms with E-state index < -0.39 is 0 Å². The van der Waals surface area contributed by atoms with Crippen LogP contribution in [-0.2, 0) is 0 Å². The minimum Gasteiger partial charge on any atom is -0.385 e. The second-order valence-electron chi connectivity index (χ2n) is 8.68.